The number of hydrogen-bond donors (Lipinski definition) is 2. The van der Waals surface area contributed by atoms with Gasteiger partial charge in [-0.05, 0) is 66.6 Å². The van der Waals surface area contributed by atoms with Gasteiger partial charge in [-0.3, -0.25) is 0 Å². The molecule has 2 aliphatic heterocycles. The summed E-state index contributed by atoms with van der Waals surface area (Å²) in [6, 6.07) is 13.1. The van der Waals surface area contributed by atoms with Crippen LogP contribution in [0, 0.1) is 12.3 Å². The molecule has 3 N–H and O–H groups in total. The van der Waals surface area contributed by atoms with Crippen LogP contribution in [0.4, 0.5) is 5.69 Å². The minimum absolute atomic E-state index is 0.131. The molecular weight excluding hydrogens is 346 g/mol. The van der Waals surface area contributed by atoms with Gasteiger partial charge in [0, 0.05) is 25.3 Å². The summed E-state index contributed by atoms with van der Waals surface area (Å²) in [6.07, 6.45) is 2.01. The van der Waals surface area contributed by atoms with Gasteiger partial charge in [-0.15, -0.1) is 0 Å². The molecule has 1 unspecified atom stereocenters. The molecule has 0 radical (unpaired) electrons. The standard InChI is InChI=1S/C20H25N3O2S/c1-15-2-3-17(12-19(15)21)16-4-6-18(7-5-16)26(24,25)23-11-9-20(14-23)8-10-22-13-20/h2-7,12,22H,8-11,13-14,21H2,1H3. The van der Waals surface area contributed by atoms with E-state index in [2.05, 4.69) is 5.32 Å². The Labute approximate surface area is 155 Å². The van der Waals surface area contributed by atoms with Crippen LogP contribution in [0.1, 0.15) is 18.4 Å². The minimum Gasteiger partial charge on any atom is -0.398 e. The summed E-state index contributed by atoms with van der Waals surface area (Å²) in [7, 11) is -3.44. The van der Waals surface area contributed by atoms with Crippen molar-refractivity contribution in [3.05, 3.63) is 48.0 Å². The van der Waals surface area contributed by atoms with Gasteiger partial charge in [-0.25, -0.2) is 8.42 Å². The Hall–Kier alpha value is -1.89. The molecule has 2 aromatic rings. The number of nitrogens with zero attached hydrogens (tertiary/aromatic N) is 1. The molecule has 2 fully saturated rings. The molecule has 1 spiro atoms. The molecule has 0 amide bonds. The molecule has 2 aromatic carbocycles. The van der Waals surface area contributed by atoms with E-state index in [1.54, 1.807) is 16.4 Å². The Morgan fingerprint density at radius 1 is 1.08 bits per heavy atom. The van der Waals surface area contributed by atoms with Crippen molar-refractivity contribution in [2.24, 2.45) is 5.41 Å². The van der Waals surface area contributed by atoms with E-state index in [1.165, 1.54) is 0 Å². The summed E-state index contributed by atoms with van der Waals surface area (Å²) < 4.78 is 27.7. The molecule has 2 heterocycles. The Morgan fingerprint density at radius 3 is 2.46 bits per heavy atom. The van der Waals surface area contributed by atoms with Crippen molar-refractivity contribution in [3.8, 4) is 11.1 Å². The average molecular weight is 372 g/mol. The van der Waals surface area contributed by atoms with Crippen LogP contribution in [0.2, 0.25) is 0 Å². The highest BCUT2D eigenvalue weighted by molar-refractivity contribution is 7.89. The molecule has 1 atom stereocenters. The van der Waals surface area contributed by atoms with Crippen LogP contribution in [0.3, 0.4) is 0 Å². The van der Waals surface area contributed by atoms with E-state index in [9.17, 15) is 8.42 Å². The smallest absolute Gasteiger partial charge is 0.243 e. The summed E-state index contributed by atoms with van der Waals surface area (Å²) in [5.74, 6) is 0. The first kappa shape index (κ1) is 17.5. The third-order valence-corrected chi connectivity index (χ3v) is 7.70. The lowest BCUT2D eigenvalue weighted by molar-refractivity contribution is 0.338. The Bertz CT molecular complexity index is 917. The zero-order valence-electron chi connectivity index (χ0n) is 15.0. The van der Waals surface area contributed by atoms with E-state index in [4.69, 9.17) is 5.73 Å². The number of aryl methyl sites for hydroxylation is 1. The Balaban J connectivity index is 1.57. The molecule has 2 aliphatic rings. The van der Waals surface area contributed by atoms with Gasteiger partial charge in [0.15, 0.2) is 0 Å². The fourth-order valence-electron chi connectivity index (χ4n) is 4.03. The van der Waals surface area contributed by atoms with Crippen LogP contribution in [0.25, 0.3) is 11.1 Å². The van der Waals surface area contributed by atoms with Gasteiger partial charge in [0.1, 0.15) is 0 Å². The SMILES string of the molecule is Cc1ccc(-c2ccc(S(=O)(=O)N3CCC4(CCNC4)C3)cc2)cc1N. The summed E-state index contributed by atoms with van der Waals surface area (Å²) in [5.41, 5.74) is 9.86. The average Bonchev–Trinajstić information content (AvgIpc) is 3.28. The number of hydrogen-bond acceptors (Lipinski definition) is 4. The molecule has 2 saturated heterocycles. The third kappa shape index (κ3) is 3.02. The van der Waals surface area contributed by atoms with Crippen molar-refractivity contribution in [1.29, 1.82) is 0 Å². The maximum Gasteiger partial charge on any atom is 0.243 e. The number of nitrogens with two attached hydrogens (primary N) is 1. The van der Waals surface area contributed by atoms with Crippen LogP contribution in [-0.2, 0) is 10.0 Å². The molecule has 5 nitrogen and oxygen atoms in total. The van der Waals surface area contributed by atoms with Gasteiger partial charge in [0.05, 0.1) is 4.90 Å². The maximum absolute atomic E-state index is 13.0. The number of nitrogens with one attached hydrogen (secondary N) is 1. The quantitative estimate of drug-likeness (QED) is 0.814. The zero-order valence-corrected chi connectivity index (χ0v) is 15.8. The van der Waals surface area contributed by atoms with Crippen LogP contribution >= 0.6 is 0 Å². The Morgan fingerprint density at radius 2 is 1.81 bits per heavy atom. The summed E-state index contributed by atoms with van der Waals surface area (Å²) in [4.78, 5) is 0.365. The maximum atomic E-state index is 13.0. The lowest BCUT2D eigenvalue weighted by atomic mass is 9.87. The van der Waals surface area contributed by atoms with Gasteiger partial charge < -0.3 is 11.1 Å². The van der Waals surface area contributed by atoms with E-state index < -0.39 is 10.0 Å². The second-order valence-electron chi connectivity index (χ2n) is 7.61. The molecule has 0 saturated carbocycles. The fraction of sp³-hybridized carbons (Fsp3) is 0.400. The first-order valence-corrected chi connectivity index (χ1v) is 10.5. The zero-order chi connectivity index (χ0) is 18.4. The van der Waals surface area contributed by atoms with Crippen molar-refractivity contribution in [2.45, 2.75) is 24.7 Å². The first-order valence-electron chi connectivity index (χ1n) is 9.07. The summed E-state index contributed by atoms with van der Waals surface area (Å²) >= 11 is 0. The largest absolute Gasteiger partial charge is 0.398 e. The van der Waals surface area contributed by atoms with Crippen LogP contribution in [-0.4, -0.2) is 38.9 Å². The Kier molecular flexibility index (Phi) is 4.29. The van der Waals surface area contributed by atoms with E-state index >= 15 is 0 Å². The molecule has 138 valence electrons. The molecular formula is C20H25N3O2S. The fourth-order valence-corrected chi connectivity index (χ4v) is 5.59. The van der Waals surface area contributed by atoms with Crippen LogP contribution in [0.5, 0.6) is 0 Å². The van der Waals surface area contributed by atoms with Crippen LogP contribution < -0.4 is 11.1 Å². The molecule has 4 rings (SSSR count). The van der Waals surface area contributed by atoms with Gasteiger partial charge >= 0.3 is 0 Å². The highest BCUT2D eigenvalue weighted by Crippen LogP contribution is 2.38. The molecule has 0 bridgehead atoms. The third-order valence-electron chi connectivity index (χ3n) is 5.84. The van der Waals surface area contributed by atoms with Gasteiger partial charge in [0.25, 0.3) is 0 Å². The molecule has 0 aliphatic carbocycles. The second kappa shape index (κ2) is 6.37. The van der Waals surface area contributed by atoms with Crippen molar-refractivity contribution in [1.82, 2.24) is 9.62 Å². The topological polar surface area (TPSA) is 75.4 Å². The lowest BCUT2D eigenvalue weighted by Gasteiger charge is -2.22. The van der Waals surface area contributed by atoms with E-state index in [-0.39, 0.29) is 5.41 Å². The highest BCUT2D eigenvalue weighted by Gasteiger charge is 2.44. The minimum atomic E-state index is -3.44. The first-order chi connectivity index (χ1) is 12.4. The molecule has 0 aromatic heterocycles. The number of nitrogen functional groups attached to an aromatic ring is 1. The van der Waals surface area contributed by atoms with Gasteiger partial charge in [-0.1, -0.05) is 24.3 Å². The molecule has 6 heteroatoms. The summed E-state index contributed by atoms with van der Waals surface area (Å²) in [5, 5.41) is 3.37. The van der Waals surface area contributed by atoms with Gasteiger partial charge in [0.2, 0.25) is 10.0 Å². The number of anilines is 1. The van der Waals surface area contributed by atoms with E-state index in [0.717, 1.165) is 48.3 Å². The van der Waals surface area contributed by atoms with Crippen LogP contribution in [0.15, 0.2) is 47.4 Å². The number of rotatable bonds is 3. The van der Waals surface area contributed by atoms with Gasteiger partial charge in [-0.2, -0.15) is 4.31 Å². The predicted octanol–water partition coefficient (Wildman–Crippen LogP) is 2.62. The number of benzene rings is 2. The van der Waals surface area contributed by atoms with E-state index in [0.29, 0.717) is 18.0 Å². The van der Waals surface area contributed by atoms with Crippen molar-refractivity contribution >= 4 is 15.7 Å². The lowest BCUT2D eigenvalue weighted by Crippen LogP contribution is -2.33. The highest BCUT2D eigenvalue weighted by atomic mass is 32.2. The predicted molar refractivity (Wildman–Crippen MR) is 104 cm³/mol. The number of sulfonamides is 1. The van der Waals surface area contributed by atoms with Crippen molar-refractivity contribution in [2.75, 3.05) is 31.9 Å². The van der Waals surface area contributed by atoms with Crippen molar-refractivity contribution < 1.29 is 8.42 Å². The van der Waals surface area contributed by atoms with Crippen molar-refractivity contribution in [3.63, 3.8) is 0 Å². The monoisotopic (exact) mass is 371 g/mol. The normalized spacial score (nSPS) is 23.7. The second-order valence-corrected chi connectivity index (χ2v) is 9.55. The molecule has 26 heavy (non-hydrogen) atoms. The van der Waals surface area contributed by atoms with E-state index in [1.807, 2.05) is 37.3 Å². The summed E-state index contributed by atoms with van der Waals surface area (Å²) in [6.45, 7) is 5.12.